The van der Waals surface area contributed by atoms with Crippen molar-refractivity contribution in [1.29, 1.82) is 0 Å². The molecule has 0 aromatic heterocycles. The molecule has 1 aliphatic heterocycles. The topological polar surface area (TPSA) is 24.5 Å². The van der Waals surface area contributed by atoms with Gasteiger partial charge in [0.25, 0.3) is 0 Å². The van der Waals surface area contributed by atoms with Crippen molar-refractivity contribution in [1.82, 2.24) is 10.2 Å². The Kier molecular flexibility index (Phi) is 6.10. The number of nitrogens with zero attached hydrogens (tertiary/aromatic N) is 1. The van der Waals surface area contributed by atoms with Crippen LogP contribution in [0.25, 0.3) is 0 Å². The van der Waals surface area contributed by atoms with Gasteiger partial charge in [0, 0.05) is 37.9 Å². The van der Waals surface area contributed by atoms with E-state index < -0.39 is 0 Å². The Balaban J connectivity index is 2.00. The lowest BCUT2D eigenvalue weighted by atomic mass is 9.78. The first-order valence-corrected chi connectivity index (χ1v) is 9.01. The molecule has 2 aliphatic rings. The molecule has 0 radical (unpaired) electrons. The standard InChI is InChI=1S/C18H36N2O/c1-5-20(16-8-6-7-9-16)15-18(10-12-21-13-11-18)14-19-17(2,3)4/h16,19H,5-15H2,1-4H3. The van der Waals surface area contributed by atoms with Gasteiger partial charge in [-0.1, -0.05) is 19.8 Å². The predicted molar refractivity (Wildman–Crippen MR) is 89.7 cm³/mol. The van der Waals surface area contributed by atoms with Crippen molar-refractivity contribution in [3.8, 4) is 0 Å². The summed E-state index contributed by atoms with van der Waals surface area (Å²) in [7, 11) is 0. The molecular formula is C18H36N2O. The first-order valence-electron chi connectivity index (χ1n) is 9.01. The Morgan fingerprint density at radius 1 is 1.14 bits per heavy atom. The third kappa shape index (κ3) is 5.22. The fraction of sp³-hybridized carbons (Fsp3) is 1.00. The van der Waals surface area contributed by atoms with Gasteiger partial charge in [0.15, 0.2) is 0 Å². The highest BCUT2D eigenvalue weighted by Crippen LogP contribution is 2.34. The van der Waals surface area contributed by atoms with Crippen molar-refractivity contribution in [3.05, 3.63) is 0 Å². The van der Waals surface area contributed by atoms with Crippen LogP contribution in [0.5, 0.6) is 0 Å². The van der Waals surface area contributed by atoms with Crippen molar-refractivity contribution in [3.63, 3.8) is 0 Å². The number of hydrogen-bond donors (Lipinski definition) is 1. The summed E-state index contributed by atoms with van der Waals surface area (Å²) in [6.45, 7) is 14.6. The summed E-state index contributed by atoms with van der Waals surface area (Å²) in [5.74, 6) is 0. The predicted octanol–water partition coefficient (Wildman–Crippen LogP) is 3.44. The van der Waals surface area contributed by atoms with Gasteiger partial charge in [-0.05, 0) is 58.4 Å². The number of hydrogen-bond acceptors (Lipinski definition) is 3. The van der Waals surface area contributed by atoms with Crippen LogP contribution in [0.3, 0.4) is 0 Å². The van der Waals surface area contributed by atoms with Crippen molar-refractivity contribution in [2.45, 2.75) is 77.8 Å². The lowest BCUT2D eigenvalue weighted by molar-refractivity contribution is -0.0131. The average Bonchev–Trinajstić information content (AvgIpc) is 2.97. The lowest BCUT2D eigenvalue weighted by Gasteiger charge is -2.44. The van der Waals surface area contributed by atoms with Crippen molar-refractivity contribution >= 4 is 0 Å². The number of nitrogens with one attached hydrogen (secondary N) is 1. The summed E-state index contributed by atoms with van der Waals surface area (Å²) in [4.78, 5) is 2.77. The van der Waals surface area contributed by atoms with E-state index in [0.717, 1.165) is 25.8 Å². The quantitative estimate of drug-likeness (QED) is 0.812. The zero-order chi connectivity index (χ0) is 15.3. The molecular weight excluding hydrogens is 260 g/mol. The summed E-state index contributed by atoms with van der Waals surface area (Å²) in [6, 6.07) is 0.837. The molecule has 2 rings (SSSR count). The summed E-state index contributed by atoms with van der Waals surface area (Å²) in [6.07, 6.45) is 8.09. The van der Waals surface area contributed by atoms with Gasteiger partial charge < -0.3 is 15.0 Å². The van der Waals surface area contributed by atoms with Crippen LogP contribution in [-0.4, -0.2) is 49.3 Å². The molecule has 1 N–H and O–H groups in total. The maximum Gasteiger partial charge on any atom is 0.0472 e. The Morgan fingerprint density at radius 2 is 1.76 bits per heavy atom. The minimum absolute atomic E-state index is 0.204. The largest absolute Gasteiger partial charge is 0.381 e. The van der Waals surface area contributed by atoms with Gasteiger partial charge in [0.05, 0.1) is 0 Å². The molecule has 0 bridgehead atoms. The van der Waals surface area contributed by atoms with Crippen LogP contribution in [0.15, 0.2) is 0 Å². The van der Waals surface area contributed by atoms with Crippen LogP contribution in [0.1, 0.15) is 66.2 Å². The highest BCUT2D eigenvalue weighted by molar-refractivity contribution is 4.91. The minimum atomic E-state index is 0.204. The molecule has 0 aromatic carbocycles. The molecule has 1 heterocycles. The first kappa shape index (κ1) is 17.2. The second kappa shape index (κ2) is 7.43. The third-order valence-corrected chi connectivity index (χ3v) is 5.33. The monoisotopic (exact) mass is 296 g/mol. The smallest absolute Gasteiger partial charge is 0.0472 e. The zero-order valence-corrected chi connectivity index (χ0v) is 14.7. The normalized spacial score (nSPS) is 23.9. The molecule has 0 atom stereocenters. The number of rotatable bonds is 6. The van der Waals surface area contributed by atoms with Crippen molar-refractivity contribution < 1.29 is 4.74 Å². The highest BCUT2D eigenvalue weighted by Gasteiger charge is 2.37. The van der Waals surface area contributed by atoms with E-state index in [0.29, 0.717) is 5.41 Å². The number of ether oxygens (including phenoxy) is 1. The molecule has 0 spiro atoms. The molecule has 21 heavy (non-hydrogen) atoms. The van der Waals surface area contributed by atoms with Gasteiger partial charge in [-0.15, -0.1) is 0 Å². The molecule has 1 saturated carbocycles. The van der Waals surface area contributed by atoms with Crippen LogP contribution >= 0.6 is 0 Å². The SMILES string of the molecule is CCN(CC1(CNC(C)(C)C)CCOCC1)C1CCCC1. The van der Waals surface area contributed by atoms with E-state index in [1.807, 2.05) is 0 Å². The van der Waals surface area contributed by atoms with Gasteiger partial charge >= 0.3 is 0 Å². The van der Waals surface area contributed by atoms with Gasteiger partial charge in [-0.25, -0.2) is 0 Å². The van der Waals surface area contributed by atoms with E-state index in [1.165, 1.54) is 51.6 Å². The van der Waals surface area contributed by atoms with E-state index in [4.69, 9.17) is 4.74 Å². The minimum Gasteiger partial charge on any atom is -0.381 e. The van der Waals surface area contributed by atoms with Crippen LogP contribution in [-0.2, 0) is 4.74 Å². The van der Waals surface area contributed by atoms with Crippen molar-refractivity contribution in [2.24, 2.45) is 5.41 Å². The molecule has 0 aromatic rings. The molecule has 2 fully saturated rings. The summed E-state index contributed by atoms with van der Waals surface area (Å²) >= 11 is 0. The summed E-state index contributed by atoms with van der Waals surface area (Å²) in [5.41, 5.74) is 0.611. The molecule has 0 amide bonds. The summed E-state index contributed by atoms with van der Waals surface area (Å²) < 4.78 is 5.65. The molecule has 3 nitrogen and oxygen atoms in total. The van der Waals surface area contributed by atoms with Gasteiger partial charge in [-0.2, -0.15) is 0 Å². The first-order chi connectivity index (χ1) is 9.94. The highest BCUT2D eigenvalue weighted by atomic mass is 16.5. The lowest BCUT2D eigenvalue weighted by Crippen LogP contribution is -2.52. The second-order valence-electron chi connectivity index (χ2n) is 8.22. The Bertz CT molecular complexity index is 299. The maximum atomic E-state index is 5.65. The third-order valence-electron chi connectivity index (χ3n) is 5.33. The molecule has 124 valence electrons. The Hall–Kier alpha value is -0.120. The van der Waals surface area contributed by atoms with E-state index in [2.05, 4.69) is 37.9 Å². The fourth-order valence-corrected chi connectivity index (χ4v) is 3.85. The fourth-order valence-electron chi connectivity index (χ4n) is 3.85. The average molecular weight is 296 g/mol. The Labute approximate surface area is 131 Å². The molecule has 1 aliphatic carbocycles. The maximum absolute atomic E-state index is 5.65. The second-order valence-corrected chi connectivity index (χ2v) is 8.22. The summed E-state index contributed by atoms with van der Waals surface area (Å²) in [5, 5.41) is 3.77. The van der Waals surface area contributed by atoms with Crippen LogP contribution in [0, 0.1) is 5.41 Å². The Morgan fingerprint density at radius 3 is 2.29 bits per heavy atom. The molecule has 1 saturated heterocycles. The van der Waals surface area contributed by atoms with Crippen molar-refractivity contribution in [2.75, 3.05) is 32.8 Å². The van der Waals surface area contributed by atoms with E-state index in [1.54, 1.807) is 0 Å². The molecule has 0 unspecified atom stereocenters. The van der Waals surface area contributed by atoms with Crippen LogP contribution < -0.4 is 5.32 Å². The molecule has 3 heteroatoms. The van der Waals surface area contributed by atoms with Crippen LogP contribution in [0.2, 0.25) is 0 Å². The van der Waals surface area contributed by atoms with Gasteiger partial charge in [0.1, 0.15) is 0 Å². The van der Waals surface area contributed by atoms with Gasteiger partial charge in [-0.3, -0.25) is 0 Å². The zero-order valence-electron chi connectivity index (χ0n) is 14.7. The van der Waals surface area contributed by atoms with E-state index >= 15 is 0 Å². The van der Waals surface area contributed by atoms with E-state index in [9.17, 15) is 0 Å². The van der Waals surface area contributed by atoms with E-state index in [-0.39, 0.29) is 5.54 Å². The van der Waals surface area contributed by atoms with Crippen LogP contribution in [0.4, 0.5) is 0 Å². The van der Waals surface area contributed by atoms with Gasteiger partial charge in [0.2, 0.25) is 0 Å².